The second-order valence-electron chi connectivity index (χ2n) is 8.22. The minimum absolute atomic E-state index is 0.00142. The van der Waals surface area contributed by atoms with Crippen molar-refractivity contribution in [1.29, 1.82) is 0 Å². The van der Waals surface area contributed by atoms with Gasteiger partial charge in [-0.25, -0.2) is 4.79 Å². The van der Waals surface area contributed by atoms with Crippen LogP contribution >= 0.6 is 0 Å². The Morgan fingerprint density at radius 2 is 1.89 bits per heavy atom. The molecule has 1 atom stereocenters. The van der Waals surface area contributed by atoms with Crippen molar-refractivity contribution in [2.24, 2.45) is 5.73 Å². The average Bonchev–Trinajstić information content (AvgIpc) is 2.67. The van der Waals surface area contributed by atoms with Gasteiger partial charge in [0.25, 0.3) is 0 Å². The Hall–Kier alpha value is -1.83. The smallest absolute Gasteiger partial charge is 0.411 e. The highest BCUT2D eigenvalue weighted by atomic mass is 16.6. The monoisotopic (exact) mass is 375 g/mol. The van der Waals surface area contributed by atoms with Crippen LogP contribution in [0.1, 0.15) is 26.3 Å². The van der Waals surface area contributed by atoms with Gasteiger partial charge < -0.3 is 20.7 Å². The Balaban J connectivity index is 1.81. The van der Waals surface area contributed by atoms with Gasteiger partial charge >= 0.3 is 6.09 Å². The first-order valence-corrected chi connectivity index (χ1v) is 9.86. The Bertz CT molecular complexity index is 640. The van der Waals surface area contributed by atoms with Crippen LogP contribution in [0.15, 0.2) is 24.3 Å². The molecule has 7 heteroatoms. The minimum Gasteiger partial charge on any atom is -0.444 e. The van der Waals surface area contributed by atoms with E-state index in [1.165, 1.54) is 5.69 Å². The average molecular weight is 376 g/mol. The summed E-state index contributed by atoms with van der Waals surface area (Å²) in [6, 6.07) is 8.28. The predicted octanol–water partition coefficient (Wildman–Crippen LogP) is 1.43. The number of hydrogen-bond acceptors (Lipinski definition) is 6. The van der Waals surface area contributed by atoms with Gasteiger partial charge in [-0.15, -0.1) is 0 Å². The molecule has 1 aromatic carbocycles. The van der Waals surface area contributed by atoms with E-state index >= 15 is 0 Å². The highest BCUT2D eigenvalue weighted by Crippen LogP contribution is 2.26. The maximum absolute atomic E-state index is 12.9. The van der Waals surface area contributed by atoms with Gasteiger partial charge in [0.15, 0.2) is 0 Å². The molecule has 3 N–H and O–H groups in total. The topological polar surface area (TPSA) is 74.1 Å². The molecule has 0 aliphatic carbocycles. The third kappa shape index (κ3) is 4.91. The van der Waals surface area contributed by atoms with Crippen LogP contribution in [0, 0.1) is 0 Å². The number of ether oxygens (including phenoxy) is 1. The van der Waals surface area contributed by atoms with Crippen molar-refractivity contribution in [3.63, 3.8) is 0 Å². The molecule has 2 aliphatic rings. The van der Waals surface area contributed by atoms with Crippen LogP contribution in [0.5, 0.6) is 0 Å². The number of piperazine rings is 2. The Kier molecular flexibility index (Phi) is 6.24. The Morgan fingerprint density at radius 3 is 2.56 bits per heavy atom. The fraction of sp³-hybridized carbons (Fsp3) is 0.650. The maximum atomic E-state index is 12.9. The Labute approximate surface area is 162 Å². The number of carbonyl (C=O) groups excluding carboxylic acids is 1. The van der Waals surface area contributed by atoms with Gasteiger partial charge in [0, 0.05) is 51.5 Å². The van der Waals surface area contributed by atoms with Crippen molar-refractivity contribution in [1.82, 2.24) is 15.1 Å². The lowest BCUT2D eigenvalue weighted by Gasteiger charge is -2.48. The summed E-state index contributed by atoms with van der Waals surface area (Å²) in [5.41, 5.74) is 7.77. The number of nitrogens with one attached hydrogen (secondary N) is 1. The largest absolute Gasteiger partial charge is 0.444 e. The first kappa shape index (κ1) is 19.9. The number of carbonyl (C=O) groups is 1. The fourth-order valence-electron chi connectivity index (χ4n) is 3.80. The standard InChI is InChI=1S/C20H33N5O2/c1-20(2,3)27-19(26)25-13-12-24(17-7-5-4-6-16(17)14-21)15-18(25)23-10-8-22-9-11-23/h4-7,18,22H,8-15,21H2,1-3H3. The molecule has 150 valence electrons. The molecule has 2 fully saturated rings. The van der Waals surface area contributed by atoms with Gasteiger partial charge in [0.05, 0.1) is 6.54 Å². The summed E-state index contributed by atoms with van der Waals surface area (Å²) < 4.78 is 5.69. The number of anilines is 1. The number of nitrogens with zero attached hydrogens (tertiary/aromatic N) is 3. The normalized spacial score (nSPS) is 22.0. The summed E-state index contributed by atoms with van der Waals surface area (Å²) in [5, 5.41) is 3.39. The molecule has 0 spiro atoms. The van der Waals surface area contributed by atoms with Crippen LogP contribution in [-0.4, -0.2) is 73.5 Å². The van der Waals surface area contributed by atoms with E-state index in [0.29, 0.717) is 13.1 Å². The SMILES string of the molecule is CC(C)(C)OC(=O)N1CCN(c2ccccc2CN)CC1N1CCNCC1. The second-order valence-corrected chi connectivity index (χ2v) is 8.22. The molecule has 2 aliphatic heterocycles. The highest BCUT2D eigenvalue weighted by molar-refractivity contribution is 5.69. The lowest BCUT2D eigenvalue weighted by molar-refractivity contribution is -0.0185. The molecular formula is C20H33N5O2. The summed E-state index contributed by atoms with van der Waals surface area (Å²) in [4.78, 5) is 19.5. The van der Waals surface area contributed by atoms with Crippen LogP contribution in [0.2, 0.25) is 0 Å². The summed E-state index contributed by atoms with van der Waals surface area (Å²) in [7, 11) is 0. The van der Waals surface area contributed by atoms with Gasteiger partial charge in [0.2, 0.25) is 0 Å². The van der Waals surface area contributed by atoms with Crippen LogP contribution in [0.25, 0.3) is 0 Å². The van der Waals surface area contributed by atoms with E-state index < -0.39 is 5.60 Å². The molecular weight excluding hydrogens is 342 g/mol. The summed E-state index contributed by atoms with van der Waals surface area (Å²) in [6.07, 6.45) is -0.223. The minimum atomic E-state index is -0.492. The maximum Gasteiger partial charge on any atom is 0.411 e. The van der Waals surface area contributed by atoms with Gasteiger partial charge in [0.1, 0.15) is 11.8 Å². The molecule has 27 heavy (non-hydrogen) atoms. The van der Waals surface area contributed by atoms with Crippen molar-refractivity contribution in [2.75, 3.05) is 50.7 Å². The quantitative estimate of drug-likeness (QED) is 0.833. The lowest BCUT2D eigenvalue weighted by Crippen LogP contribution is -2.65. The number of nitrogens with two attached hydrogens (primary N) is 1. The fourth-order valence-corrected chi connectivity index (χ4v) is 3.80. The van der Waals surface area contributed by atoms with Crippen LogP contribution in [0.3, 0.4) is 0 Å². The zero-order valence-electron chi connectivity index (χ0n) is 16.8. The zero-order chi connectivity index (χ0) is 19.4. The first-order chi connectivity index (χ1) is 12.9. The van der Waals surface area contributed by atoms with Crippen molar-refractivity contribution < 1.29 is 9.53 Å². The molecule has 0 saturated carbocycles. The van der Waals surface area contributed by atoms with E-state index in [1.807, 2.05) is 31.7 Å². The van der Waals surface area contributed by atoms with Crippen molar-refractivity contribution in [3.05, 3.63) is 29.8 Å². The molecule has 0 radical (unpaired) electrons. The number of amides is 1. The summed E-state index contributed by atoms with van der Waals surface area (Å²) >= 11 is 0. The van der Waals surface area contributed by atoms with Crippen molar-refractivity contribution in [3.8, 4) is 0 Å². The van der Waals surface area contributed by atoms with Crippen LogP contribution < -0.4 is 16.0 Å². The lowest BCUT2D eigenvalue weighted by atomic mass is 10.1. The molecule has 3 rings (SSSR count). The number of benzene rings is 1. The molecule has 1 amide bonds. The summed E-state index contributed by atoms with van der Waals surface area (Å²) in [5.74, 6) is 0. The van der Waals surface area contributed by atoms with Crippen molar-refractivity contribution in [2.45, 2.75) is 39.1 Å². The molecule has 2 heterocycles. The van der Waals surface area contributed by atoms with Gasteiger partial charge in [-0.05, 0) is 32.4 Å². The van der Waals surface area contributed by atoms with Gasteiger partial charge in [-0.2, -0.15) is 0 Å². The van der Waals surface area contributed by atoms with E-state index in [-0.39, 0.29) is 12.3 Å². The van der Waals surface area contributed by atoms with E-state index in [9.17, 15) is 4.79 Å². The third-order valence-electron chi connectivity index (χ3n) is 5.11. The predicted molar refractivity (Wildman–Crippen MR) is 108 cm³/mol. The van der Waals surface area contributed by atoms with Crippen LogP contribution in [0.4, 0.5) is 10.5 Å². The van der Waals surface area contributed by atoms with Gasteiger partial charge in [-0.3, -0.25) is 9.80 Å². The van der Waals surface area contributed by atoms with E-state index in [1.54, 1.807) is 0 Å². The highest BCUT2D eigenvalue weighted by Gasteiger charge is 2.37. The number of hydrogen-bond donors (Lipinski definition) is 2. The molecule has 7 nitrogen and oxygen atoms in total. The third-order valence-corrected chi connectivity index (χ3v) is 5.11. The van der Waals surface area contributed by atoms with Crippen molar-refractivity contribution >= 4 is 11.8 Å². The van der Waals surface area contributed by atoms with E-state index in [4.69, 9.17) is 10.5 Å². The number of para-hydroxylation sites is 1. The Morgan fingerprint density at radius 1 is 1.19 bits per heavy atom. The number of rotatable bonds is 3. The molecule has 1 aromatic rings. The van der Waals surface area contributed by atoms with E-state index in [0.717, 1.165) is 44.8 Å². The molecule has 1 unspecified atom stereocenters. The molecule has 2 saturated heterocycles. The summed E-state index contributed by atoms with van der Waals surface area (Å²) in [6.45, 7) is 12.2. The second kappa shape index (κ2) is 8.46. The molecule has 0 bridgehead atoms. The van der Waals surface area contributed by atoms with E-state index in [2.05, 4.69) is 33.3 Å². The van der Waals surface area contributed by atoms with Crippen LogP contribution in [-0.2, 0) is 11.3 Å². The first-order valence-electron chi connectivity index (χ1n) is 9.86. The molecule has 0 aromatic heterocycles. The zero-order valence-corrected chi connectivity index (χ0v) is 16.8. The van der Waals surface area contributed by atoms with Gasteiger partial charge in [-0.1, -0.05) is 18.2 Å².